The number of nitrogens with one attached hydrogen (secondary N) is 1. The molecule has 0 unspecified atom stereocenters. The molecule has 0 aliphatic heterocycles. The molecule has 0 saturated carbocycles. The summed E-state index contributed by atoms with van der Waals surface area (Å²) in [6.07, 6.45) is 8.12. The number of thiazole rings is 1. The Bertz CT molecular complexity index is 1080. The van der Waals surface area contributed by atoms with Crippen LogP contribution in [0.15, 0.2) is 36.4 Å². The maximum absolute atomic E-state index is 13.8. The van der Waals surface area contributed by atoms with Crippen molar-refractivity contribution in [1.82, 2.24) is 4.98 Å². The summed E-state index contributed by atoms with van der Waals surface area (Å²) in [5, 5.41) is 2.84. The quantitative estimate of drug-likeness (QED) is 0.648. The van der Waals surface area contributed by atoms with E-state index in [0.29, 0.717) is 5.13 Å². The third-order valence-electron chi connectivity index (χ3n) is 4.49. The fourth-order valence-corrected chi connectivity index (χ4v) is 4.26. The molecular weight excluding hydrogens is 366 g/mol. The van der Waals surface area contributed by atoms with Crippen LogP contribution in [-0.4, -0.2) is 10.9 Å². The number of nitrogens with zero attached hydrogens (tertiary/aromatic N) is 1. The molecule has 1 aromatic heterocycles. The predicted molar refractivity (Wildman–Crippen MR) is 102 cm³/mol. The minimum absolute atomic E-state index is 0.312. The number of rotatable bonds is 2. The maximum atomic E-state index is 13.8. The molecule has 1 aliphatic rings. The smallest absolute Gasteiger partial charge is 0.263 e. The number of fused-ring (bicyclic) bond motifs is 3. The molecule has 4 rings (SSSR count). The van der Waals surface area contributed by atoms with E-state index in [4.69, 9.17) is 6.42 Å². The highest BCUT2D eigenvalue weighted by Gasteiger charge is 2.22. The van der Waals surface area contributed by atoms with Gasteiger partial charge in [0.15, 0.2) is 5.13 Å². The molecule has 1 amide bonds. The van der Waals surface area contributed by atoms with Crippen molar-refractivity contribution < 1.29 is 13.6 Å². The zero-order valence-corrected chi connectivity index (χ0v) is 15.0. The van der Waals surface area contributed by atoms with Gasteiger partial charge in [-0.3, -0.25) is 10.1 Å². The molecule has 0 saturated heterocycles. The first-order valence-electron chi connectivity index (χ1n) is 8.42. The van der Waals surface area contributed by atoms with Gasteiger partial charge in [0.1, 0.15) is 17.2 Å². The molecule has 27 heavy (non-hydrogen) atoms. The van der Waals surface area contributed by atoms with Gasteiger partial charge in [-0.05, 0) is 54.7 Å². The second-order valence-electron chi connectivity index (χ2n) is 6.22. The van der Waals surface area contributed by atoms with Gasteiger partial charge < -0.3 is 0 Å². The number of benzene rings is 2. The molecule has 134 valence electrons. The van der Waals surface area contributed by atoms with E-state index in [1.54, 1.807) is 0 Å². The van der Waals surface area contributed by atoms with E-state index >= 15 is 0 Å². The molecule has 2 aromatic carbocycles. The molecule has 1 aliphatic carbocycles. The Labute approximate surface area is 159 Å². The van der Waals surface area contributed by atoms with E-state index in [0.717, 1.165) is 53.1 Å². The molecule has 0 spiro atoms. The fourth-order valence-electron chi connectivity index (χ4n) is 3.20. The van der Waals surface area contributed by atoms with Crippen molar-refractivity contribution in [3.8, 4) is 22.8 Å². The highest BCUT2D eigenvalue weighted by Crippen LogP contribution is 2.39. The van der Waals surface area contributed by atoms with Gasteiger partial charge in [0.2, 0.25) is 0 Å². The van der Waals surface area contributed by atoms with E-state index in [-0.39, 0.29) is 0 Å². The monoisotopic (exact) mass is 380 g/mol. The topological polar surface area (TPSA) is 42.0 Å². The van der Waals surface area contributed by atoms with Crippen molar-refractivity contribution in [1.29, 1.82) is 0 Å². The molecular formula is C21H14F2N2OS. The lowest BCUT2D eigenvalue weighted by Crippen LogP contribution is -2.15. The van der Waals surface area contributed by atoms with E-state index in [1.807, 2.05) is 18.2 Å². The van der Waals surface area contributed by atoms with Crippen molar-refractivity contribution in [2.75, 3.05) is 5.32 Å². The summed E-state index contributed by atoms with van der Waals surface area (Å²) in [6.45, 7) is 0. The summed E-state index contributed by atoms with van der Waals surface area (Å²) in [4.78, 5) is 17.7. The molecule has 0 atom stereocenters. The van der Waals surface area contributed by atoms with Crippen LogP contribution in [-0.2, 0) is 12.8 Å². The first-order valence-corrected chi connectivity index (χ1v) is 9.23. The number of hydrogen-bond donors (Lipinski definition) is 1. The van der Waals surface area contributed by atoms with Crippen LogP contribution < -0.4 is 5.32 Å². The number of hydrogen-bond acceptors (Lipinski definition) is 3. The molecule has 0 bridgehead atoms. The van der Waals surface area contributed by atoms with Gasteiger partial charge in [0, 0.05) is 5.56 Å². The van der Waals surface area contributed by atoms with Crippen LogP contribution in [0, 0.1) is 24.0 Å². The summed E-state index contributed by atoms with van der Waals surface area (Å²) < 4.78 is 27.7. The number of terminal acetylenes is 1. The molecule has 0 fully saturated rings. The minimum Gasteiger partial charge on any atom is -0.298 e. The second-order valence-corrected chi connectivity index (χ2v) is 7.21. The van der Waals surface area contributed by atoms with E-state index < -0.39 is 23.1 Å². The molecule has 6 heteroatoms. The third-order valence-corrected chi connectivity index (χ3v) is 5.53. The Morgan fingerprint density at radius 3 is 2.70 bits per heavy atom. The summed E-state index contributed by atoms with van der Waals surface area (Å²) in [6, 6.07) is 9.19. The molecule has 1 heterocycles. The van der Waals surface area contributed by atoms with Crippen molar-refractivity contribution in [3.63, 3.8) is 0 Å². The Morgan fingerprint density at radius 1 is 1.19 bits per heavy atom. The zero-order chi connectivity index (χ0) is 19.0. The summed E-state index contributed by atoms with van der Waals surface area (Å²) in [5.41, 5.74) is 3.20. The average molecular weight is 380 g/mol. The average Bonchev–Trinajstić information content (AvgIpc) is 2.96. The number of aromatic nitrogens is 1. The normalized spacial score (nSPS) is 12.5. The Morgan fingerprint density at radius 2 is 1.96 bits per heavy atom. The Hall–Kier alpha value is -3.04. The van der Waals surface area contributed by atoms with Gasteiger partial charge in [-0.1, -0.05) is 29.4 Å². The standard InChI is InChI=1S/C21H14F2N2OS/c1-2-12-9-10-13-5-3-8-17-19(14(13)11-12)27-21(24-17)25-20(26)18-15(22)6-4-7-16(18)23/h1,4,6-7,9-11H,3,5,8H2,(H,24,25,26). The Balaban J connectivity index is 1.71. The number of carbonyl (C=O) groups excluding carboxylic acids is 1. The Kier molecular flexibility index (Phi) is 4.46. The highest BCUT2D eigenvalue weighted by atomic mass is 32.1. The summed E-state index contributed by atoms with van der Waals surface area (Å²) in [5.74, 6) is -0.0376. The van der Waals surface area contributed by atoms with Crippen molar-refractivity contribution in [2.24, 2.45) is 0 Å². The zero-order valence-electron chi connectivity index (χ0n) is 14.2. The van der Waals surface area contributed by atoms with Gasteiger partial charge in [-0.15, -0.1) is 6.42 Å². The number of anilines is 1. The molecule has 3 aromatic rings. The van der Waals surface area contributed by atoms with Crippen LogP contribution in [0.3, 0.4) is 0 Å². The van der Waals surface area contributed by atoms with E-state index in [1.165, 1.54) is 23.0 Å². The van der Waals surface area contributed by atoms with Crippen LogP contribution >= 0.6 is 11.3 Å². The molecule has 1 N–H and O–H groups in total. The molecule has 0 radical (unpaired) electrons. The summed E-state index contributed by atoms with van der Waals surface area (Å²) >= 11 is 1.29. The van der Waals surface area contributed by atoms with Gasteiger partial charge >= 0.3 is 0 Å². The lowest BCUT2D eigenvalue weighted by molar-refractivity contribution is 0.101. The summed E-state index contributed by atoms with van der Waals surface area (Å²) in [7, 11) is 0. The van der Waals surface area contributed by atoms with Gasteiger partial charge in [0.25, 0.3) is 5.91 Å². The number of amides is 1. The SMILES string of the molecule is C#Cc1ccc2c(c1)-c1sc(NC(=O)c3c(F)cccc3F)nc1CCC2. The first kappa shape index (κ1) is 17.4. The van der Waals surface area contributed by atoms with Gasteiger partial charge in [0.05, 0.1) is 10.6 Å². The number of aryl methyl sites for hydroxylation is 2. The largest absolute Gasteiger partial charge is 0.298 e. The van der Waals surface area contributed by atoms with Crippen molar-refractivity contribution in [2.45, 2.75) is 19.3 Å². The van der Waals surface area contributed by atoms with Crippen LogP contribution in [0.5, 0.6) is 0 Å². The van der Waals surface area contributed by atoms with Crippen LogP contribution in [0.25, 0.3) is 10.4 Å². The minimum atomic E-state index is -0.908. The van der Waals surface area contributed by atoms with Crippen molar-refractivity contribution in [3.05, 3.63) is 70.4 Å². The van der Waals surface area contributed by atoms with E-state index in [9.17, 15) is 13.6 Å². The fraction of sp³-hybridized carbons (Fsp3) is 0.143. The number of halogens is 2. The maximum Gasteiger partial charge on any atom is 0.263 e. The highest BCUT2D eigenvalue weighted by molar-refractivity contribution is 7.19. The lowest BCUT2D eigenvalue weighted by Gasteiger charge is -2.06. The van der Waals surface area contributed by atoms with Gasteiger partial charge in [-0.25, -0.2) is 13.8 Å². The first-order chi connectivity index (χ1) is 13.1. The van der Waals surface area contributed by atoms with Gasteiger partial charge in [-0.2, -0.15) is 0 Å². The number of carbonyl (C=O) groups is 1. The second kappa shape index (κ2) is 6.93. The van der Waals surface area contributed by atoms with Crippen LogP contribution in [0.1, 0.15) is 33.6 Å². The van der Waals surface area contributed by atoms with Crippen LogP contribution in [0.2, 0.25) is 0 Å². The van der Waals surface area contributed by atoms with E-state index in [2.05, 4.69) is 16.2 Å². The lowest BCUT2D eigenvalue weighted by atomic mass is 10.0. The molecule has 3 nitrogen and oxygen atoms in total. The third kappa shape index (κ3) is 3.22. The van der Waals surface area contributed by atoms with Crippen LogP contribution in [0.4, 0.5) is 13.9 Å². The van der Waals surface area contributed by atoms with Crippen molar-refractivity contribution >= 4 is 22.4 Å². The predicted octanol–water partition coefficient (Wildman–Crippen LogP) is 4.81.